The number of carbonyl (C=O) groups is 2. The number of benzene rings is 1. The molecule has 124 valence electrons. The second kappa shape index (κ2) is 6.99. The molecule has 1 aliphatic heterocycles. The number of nitrogens with one attached hydrogen (secondary N) is 1. The predicted octanol–water partition coefficient (Wildman–Crippen LogP) is 1.85. The fraction of sp³-hybridized carbons (Fsp3) is 0.235. The zero-order chi connectivity index (χ0) is 16.9. The van der Waals surface area contributed by atoms with Crippen molar-refractivity contribution in [3.63, 3.8) is 0 Å². The third kappa shape index (κ3) is 3.45. The van der Waals surface area contributed by atoms with Gasteiger partial charge >= 0.3 is 6.09 Å². The van der Waals surface area contributed by atoms with Gasteiger partial charge in [-0.25, -0.2) is 4.79 Å². The molecule has 1 N–H and O–H groups in total. The summed E-state index contributed by atoms with van der Waals surface area (Å²) in [5.41, 5.74) is 1.19. The Morgan fingerprint density at radius 1 is 1.38 bits per heavy atom. The average Bonchev–Trinajstić information content (AvgIpc) is 3.01. The number of nitrogens with zero attached hydrogens (tertiary/aromatic N) is 2. The van der Waals surface area contributed by atoms with Crippen molar-refractivity contribution >= 4 is 17.7 Å². The van der Waals surface area contributed by atoms with Crippen molar-refractivity contribution in [2.45, 2.75) is 6.10 Å². The first kappa shape index (κ1) is 15.8. The van der Waals surface area contributed by atoms with Crippen LogP contribution in [0.2, 0.25) is 0 Å². The first-order chi connectivity index (χ1) is 11.7. The van der Waals surface area contributed by atoms with Crippen molar-refractivity contribution in [3.8, 4) is 5.75 Å². The molecule has 3 rings (SSSR count). The molecule has 1 fully saturated rings. The van der Waals surface area contributed by atoms with Crippen molar-refractivity contribution in [2.75, 3.05) is 25.1 Å². The first-order valence-corrected chi connectivity index (χ1v) is 7.48. The number of hydrogen-bond donors (Lipinski definition) is 1. The molecule has 2 heterocycles. The van der Waals surface area contributed by atoms with Crippen molar-refractivity contribution in [3.05, 3.63) is 54.4 Å². The lowest BCUT2D eigenvalue weighted by molar-refractivity contribution is 0.0915. The normalized spacial score (nSPS) is 16.6. The summed E-state index contributed by atoms with van der Waals surface area (Å²) in [4.78, 5) is 29.4. The largest absolute Gasteiger partial charge is 0.497 e. The molecule has 7 heteroatoms. The summed E-state index contributed by atoms with van der Waals surface area (Å²) in [6.45, 7) is 0.616. The van der Waals surface area contributed by atoms with E-state index in [1.54, 1.807) is 49.7 Å². The minimum absolute atomic E-state index is 0.242. The van der Waals surface area contributed by atoms with Gasteiger partial charge in [0.2, 0.25) is 0 Å². The van der Waals surface area contributed by atoms with Gasteiger partial charge < -0.3 is 14.8 Å². The number of cyclic esters (lactones) is 1. The zero-order valence-electron chi connectivity index (χ0n) is 13.1. The highest BCUT2D eigenvalue weighted by Crippen LogP contribution is 2.23. The molecule has 1 atom stereocenters. The highest BCUT2D eigenvalue weighted by Gasteiger charge is 2.32. The van der Waals surface area contributed by atoms with Crippen LogP contribution in [0, 0.1) is 0 Å². The SMILES string of the molecule is COc1ccc(N2CC(CNC(=O)c3cccnc3)OC2=O)cc1. The molecular formula is C17H17N3O4. The van der Waals surface area contributed by atoms with Crippen LogP contribution in [0.25, 0.3) is 0 Å². The lowest BCUT2D eigenvalue weighted by Gasteiger charge is -2.13. The van der Waals surface area contributed by atoms with Gasteiger partial charge in [-0.15, -0.1) is 0 Å². The maximum Gasteiger partial charge on any atom is 0.414 e. The minimum atomic E-state index is -0.430. The number of ether oxygens (including phenoxy) is 2. The topological polar surface area (TPSA) is 80.8 Å². The maximum absolute atomic E-state index is 12.0. The number of anilines is 1. The number of hydrogen-bond acceptors (Lipinski definition) is 5. The van der Waals surface area contributed by atoms with Gasteiger partial charge in [0.25, 0.3) is 5.91 Å². The second-order valence-corrected chi connectivity index (χ2v) is 5.27. The van der Waals surface area contributed by atoms with Gasteiger partial charge in [0.05, 0.1) is 25.8 Å². The Labute approximate surface area is 139 Å². The Bertz CT molecular complexity index is 718. The molecule has 0 aliphatic carbocycles. The molecular weight excluding hydrogens is 310 g/mol. The molecule has 0 bridgehead atoms. The van der Waals surface area contributed by atoms with E-state index in [1.165, 1.54) is 11.1 Å². The summed E-state index contributed by atoms with van der Waals surface area (Å²) in [6.07, 6.45) is 2.25. The number of methoxy groups -OCH3 is 1. The second-order valence-electron chi connectivity index (χ2n) is 5.27. The van der Waals surface area contributed by atoms with Gasteiger partial charge in [0.15, 0.2) is 0 Å². The van der Waals surface area contributed by atoms with E-state index in [0.717, 1.165) is 5.69 Å². The lowest BCUT2D eigenvalue weighted by atomic mass is 10.2. The van der Waals surface area contributed by atoms with Crippen LogP contribution in [-0.4, -0.2) is 43.3 Å². The third-order valence-corrected chi connectivity index (χ3v) is 3.67. The highest BCUT2D eigenvalue weighted by molar-refractivity contribution is 5.94. The first-order valence-electron chi connectivity index (χ1n) is 7.48. The van der Waals surface area contributed by atoms with Crippen LogP contribution in [-0.2, 0) is 4.74 Å². The standard InChI is InChI=1S/C17H17N3O4/c1-23-14-6-4-13(5-7-14)20-11-15(24-17(20)22)10-19-16(21)12-3-2-8-18-9-12/h2-9,15H,10-11H2,1H3,(H,19,21). The summed E-state index contributed by atoms with van der Waals surface area (Å²) in [7, 11) is 1.58. The summed E-state index contributed by atoms with van der Waals surface area (Å²) in [6, 6.07) is 10.5. The number of carbonyl (C=O) groups excluding carboxylic acids is 2. The summed E-state index contributed by atoms with van der Waals surface area (Å²) < 4.78 is 10.4. The quantitative estimate of drug-likeness (QED) is 0.906. The van der Waals surface area contributed by atoms with Gasteiger partial charge in [0, 0.05) is 18.1 Å². The van der Waals surface area contributed by atoms with E-state index in [9.17, 15) is 9.59 Å². The van der Waals surface area contributed by atoms with Crippen LogP contribution in [0.1, 0.15) is 10.4 Å². The lowest BCUT2D eigenvalue weighted by Crippen LogP contribution is -2.34. The average molecular weight is 327 g/mol. The fourth-order valence-corrected chi connectivity index (χ4v) is 2.41. The molecule has 1 saturated heterocycles. The van der Waals surface area contributed by atoms with Crippen LogP contribution in [0.4, 0.5) is 10.5 Å². The summed E-state index contributed by atoms with van der Waals surface area (Å²) in [5, 5.41) is 2.75. The third-order valence-electron chi connectivity index (χ3n) is 3.67. The van der Waals surface area contributed by atoms with Gasteiger partial charge in [-0.2, -0.15) is 0 Å². The van der Waals surface area contributed by atoms with Crippen LogP contribution in [0.3, 0.4) is 0 Å². The van der Waals surface area contributed by atoms with Crippen molar-refractivity contribution in [1.29, 1.82) is 0 Å². The molecule has 24 heavy (non-hydrogen) atoms. The fourth-order valence-electron chi connectivity index (χ4n) is 2.41. The summed E-state index contributed by atoms with van der Waals surface area (Å²) in [5.74, 6) is 0.466. The minimum Gasteiger partial charge on any atom is -0.497 e. The van der Waals surface area contributed by atoms with Crippen LogP contribution in [0.15, 0.2) is 48.8 Å². The van der Waals surface area contributed by atoms with Crippen molar-refractivity contribution < 1.29 is 19.1 Å². The molecule has 1 aromatic carbocycles. The maximum atomic E-state index is 12.0. The monoisotopic (exact) mass is 327 g/mol. The Kier molecular flexibility index (Phi) is 4.60. The number of amides is 2. The van der Waals surface area contributed by atoms with E-state index in [2.05, 4.69) is 10.3 Å². The zero-order valence-corrected chi connectivity index (χ0v) is 13.1. The molecule has 0 spiro atoms. The number of aromatic nitrogens is 1. The predicted molar refractivity (Wildman–Crippen MR) is 87.2 cm³/mol. The van der Waals surface area contributed by atoms with Gasteiger partial charge in [-0.3, -0.25) is 14.7 Å². The van der Waals surface area contributed by atoms with Gasteiger partial charge in [-0.1, -0.05) is 0 Å². The molecule has 1 aliphatic rings. The molecule has 2 aromatic rings. The van der Waals surface area contributed by atoms with Crippen molar-refractivity contribution in [1.82, 2.24) is 10.3 Å². The van der Waals surface area contributed by atoms with E-state index in [1.807, 2.05) is 0 Å². The van der Waals surface area contributed by atoms with E-state index >= 15 is 0 Å². The summed E-state index contributed by atoms with van der Waals surface area (Å²) >= 11 is 0. The number of pyridine rings is 1. The molecule has 2 amide bonds. The number of rotatable bonds is 5. The molecule has 0 radical (unpaired) electrons. The van der Waals surface area contributed by atoms with Crippen LogP contribution < -0.4 is 15.0 Å². The molecule has 0 saturated carbocycles. The van der Waals surface area contributed by atoms with Gasteiger partial charge in [0.1, 0.15) is 11.9 Å². The van der Waals surface area contributed by atoms with E-state index in [-0.39, 0.29) is 12.5 Å². The van der Waals surface area contributed by atoms with Gasteiger partial charge in [-0.05, 0) is 36.4 Å². The Morgan fingerprint density at radius 2 is 2.17 bits per heavy atom. The molecule has 1 unspecified atom stereocenters. The van der Waals surface area contributed by atoms with E-state index < -0.39 is 12.2 Å². The van der Waals surface area contributed by atoms with E-state index in [4.69, 9.17) is 9.47 Å². The molecule has 7 nitrogen and oxygen atoms in total. The van der Waals surface area contributed by atoms with E-state index in [0.29, 0.717) is 17.9 Å². The smallest absolute Gasteiger partial charge is 0.414 e. The Hall–Kier alpha value is -3.09. The Morgan fingerprint density at radius 3 is 2.83 bits per heavy atom. The molecule has 1 aromatic heterocycles. The van der Waals surface area contributed by atoms with Crippen molar-refractivity contribution in [2.24, 2.45) is 0 Å². The Balaban J connectivity index is 1.57. The highest BCUT2D eigenvalue weighted by atomic mass is 16.6. The van der Waals surface area contributed by atoms with Crippen LogP contribution >= 0.6 is 0 Å². The van der Waals surface area contributed by atoms with Crippen LogP contribution in [0.5, 0.6) is 5.75 Å².